The number of carbonyl (C=O) groups is 1. The molecule has 0 atom stereocenters. The Labute approximate surface area is 194 Å². The zero-order valence-electron chi connectivity index (χ0n) is 17.6. The van der Waals surface area contributed by atoms with Gasteiger partial charge >= 0.3 is 0 Å². The van der Waals surface area contributed by atoms with Gasteiger partial charge in [-0.2, -0.15) is 5.10 Å². The predicted octanol–water partition coefficient (Wildman–Crippen LogP) is 5.37. The van der Waals surface area contributed by atoms with Crippen LogP contribution in [-0.4, -0.2) is 31.3 Å². The van der Waals surface area contributed by atoms with Crippen molar-refractivity contribution in [2.45, 2.75) is 10.1 Å². The number of aromatic nitrogens is 1. The van der Waals surface area contributed by atoms with E-state index in [2.05, 4.69) is 21.6 Å². The summed E-state index contributed by atoms with van der Waals surface area (Å²) in [7, 11) is 3.16. The Hall–Kier alpha value is -3.36. The SMILES string of the molecule is COc1ccc(C=NNC(=O)c2ccc(CSc3nc4ccccc4s3)cc2)c(OC)c1. The summed E-state index contributed by atoms with van der Waals surface area (Å²) in [5, 5.41) is 4.04. The van der Waals surface area contributed by atoms with E-state index in [0.29, 0.717) is 17.1 Å². The van der Waals surface area contributed by atoms with Crippen molar-refractivity contribution < 1.29 is 14.3 Å². The molecule has 4 aromatic rings. The van der Waals surface area contributed by atoms with Gasteiger partial charge in [-0.3, -0.25) is 4.79 Å². The molecule has 0 fully saturated rings. The minimum atomic E-state index is -0.279. The molecule has 3 aromatic carbocycles. The van der Waals surface area contributed by atoms with Crippen molar-refractivity contribution in [2.75, 3.05) is 14.2 Å². The van der Waals surface area contributed by atoms with Crippen LogP contribution in [0, 0.1) is 0 Å². The van der Waals surface area contributed by atoms with E-state index in [-0.39, 0.29) is 5.91 Å². The Kier molecular flexibility index (Phi) is 7.03. The van der Waals surface area contributed by atoms with E-state index in [1.807, 2.05) is 36.4 Å². The largest absolute Gasteiger partial charge is 0.497 e. The van der Waals surface area contributed by atoms with Gasteiger partial charge in [0.2, 0.25) is 0 Å². The number of hydrazone groups is 1. The molecule has 0 spiro atoms. The smallest absolute Gasteiger partial charge is 0.271 e. The number of fused-ring (bicyclic) bond motifs is 1. The third-order valence-electron chi connectivity index (χ3n) is 4.66. The number of amides is 1. The lowest BCUT2D eigenvalue weighted by molar-refractivity contribution is 0.0955. The highest BCUT2D eigenvalue weighted by atomic mass is 32.2. The van der Waals surface area contributed by atoms with Crippen LogP contribution < -0.4 is 14.9 Å². The molecule has 0 bridgehead atoms. The van der Waals surface area contributed by atoms with E-state index in [4.69, 9.17) is 9.47 Å². The maximum absolute atomic E-state index is 12.4. The number of thiazole rings is 1. The van der Waals surface area contributed by atoms with Crippen LogP contribution >= 0.6 is 23.1 Å². The summed E-state index contributed by atoms with van der Waals surface area (Å²) in [4.78, 5) is 17.0. The van der Waals surface area contributed by atoms with Crippen molar-refractivity contribution in [3.05, 3.63) is 83.4 Å². The van der Waals surface area contributed by atoms with Crippen LogP contribution in [0.5, 0.6) is 11.5 Å². The molecule has 0 aliphatic carbocycles. The molecular weight excluding hydrogens is 442 g/mol. The van der Waals surface area contributed by atoms with E-state index in [0.717, 1.165) is 26.7 Å². The average Bonchev–Trinajstić information content (AvgIpc) is 3.26. The summed E-state index contributed by atoms with van der Waals surface area (Å²) in [5.41, 5.74) is 5.97. The summed E-state index contributed by atoms with van der Waals surface area (Å²) in [5.74, 6) is 1.80. The van der Waals surface area contributed by atoms with Gasteiger partial charge in [-0.25, -0.2) is 10.4 Å². The molecule has 6 nitrogen and oxygen atoms in total. The number of nitrogens with zero attached hydrogens (tertiary/aromatic N) is 2. The van der Waals surface area contributed by atoms with Gasteiger partial charge in [-0.15, -0.1) is 11.3 Å². The zero-order chi connectivity index (χ0) is 22.3. The second-order valence-corrected chi connectivity index (χ2v) is 8.99. The van der Waals surface area contributed by atoms with Crippen molar-refractivity contribution in [2.24, 2.45) is 5.10 Å². The highest BCUT2D eigenvalue weighted by molar-refractivity contribution is 8.00. The van der Waals surface area contributed by atoms with E-state index in [1.165, 1.54) is 4.70 Å². The zero-order valence-corrected chi connectivity index (χ0v) is 19.2. The van der Waals surface area contributed by atoms with Gasteiger partial charge in [-0.05, 0) is 42.0 Å². The molecule has 1 aromatic heterocycles. The van der Waals surface area contributed by atoms with Crippen molar-refractivity contribution in [1.82, 2.24) is 10.4 Å². The van der Waals surface area contributed by atoms with Crippen LogP contribution in [0.2, 0.25) is 0 Å². The number of para-hydroxylation sites is 1. The fourth-order valence-corrected chi connectivity index (χ4v) is 4.98. The standard InChI is InChI=1S/C24H21N3O3S2/c1-29-19-12-11-18(21(13-19)30-2)14-25-27-23(28)17-9-7-16(8-10-17)15-31-24-26-20-5-3-4-6-22(20)32-24/h3-14H,15H2,1-2H3,(H,27,28). The molecule has 1 heterocycles. The molecule has 32 heavy (non-hydrogen) atoms. The number of nitrogens with one attached hydrogen (secondary N) is 1. The molecule has 0 radical (unpaired) electrons. The minimum Gasteiger partial charge on any atom is -0.497 e. The second kappa shape index (κ2) is 10.3. The van der Waals surface area contributed by atoms with Crippen LogP contribution in [-0.2, 0) is 5.75 Å². The van der Waals surface area contributed by atoms with E-state index < -0.39 is 0 Å². The highest BCUT2D eigenvalue weighted by Crippen LogP contribution is 2.31. The number of rotatable bonds is 8. The van der Waals surface area contributed by atoms with Crippen LogP contribution in [0.4, 0.5) is 0 Å². The Balaban J connectivity index is 1.33. The van der Waals surface area contributed by atoms with Gasteiger partial charge in [0.15, 0.2) is 4.34 Å². The number of benzene rings is 3. The number of hydrogen-bond donors (Lipinski definition) is 1. The molecule has 0 aliphatic rings. The number of thioether (sulfide) groups is 1. The van der Waals surface area contributed by atoms with E-state index in [9.17, 15) is 4.79 Å². The molecule has 8 heteroatoms. The lowest BCUT2D eigenvalue weighted by Crippen LogP contribution is -2.17. The van der Waals surface area contributed by atoms with Crippen molar-refractivity contribution in [1.29, 1.82) is 0 Å². The van der Waals surface area contributed by atoms with Crippen LogP contribution in [0.1, 0.15) is 21.5 Å². The molecule has 1 N–H and O–H groups in total. The summed E-state index contributed by atoms with van der Waals surface area (Å²) in [6.07, 6.45) is 1.54. The molecule has 4 rings (SSSR count). The van der Waals surface area contributed by atoms with Crippen LogP contribution in [0.25, 0.3) is 10.2 Å². The molecular formula is C24H21N3O3S2. The molecule has 162 valence electrons. The van der Waals surface area contributed by atoms with Gasteiger partial charge in [-0.1, -0.05) is 36.0 Å². The van der Waals surface area contributed by atoms with Crippen molar-refractivity contribution in [3.8, 4) is 11.5 Å². The third kappa shape index (κ3) is 5.27. The third-order valence-corrected chi connectivity index (χ3v) is 6.91. The second-order valence-electron chi connectivity index (χ2n) is 6.74. The minimum absolute atomic E-state index is 0.279. The lowest BCUT2D eigenvalue weighted by atomic mass is 10.1. The summed E-state index contributed by atoms with van der Waals surface area (Å²) >= 11 is 3.39. The monoisotopic (exact) mass is 463 g/mol. The summed E-state index contributed by atoms with van der Waals surface area (Å²) < 4.78 is 12.7. The van der Waals surface area contributed by atoms with Crippen LogP contribution in [0.15, 0.2) is 76.2 Å². The molecule has 0 saturated heterocycles. The van der Waals surface area contributed by atoms with Gasteiger partial charge in [0, 0.05) is 22.9 Å². The number of ether oxygens (including phenoxy) is 2. The Morgan fingerprint density at radius 1 is 1.09 bits per heavy atom. The quantitative estimate of drug-likeness (QED) is 0.216. The maximum Gasteiger partial charge on any atom is 0.271 e. The first kappa shape index (κ1) is 21.9. The van der Waals surface area contributed by atoms with Crippen molar-refractivity contribution in [3.63, 3.8) is 0 Å². The fourth-order valence-electron chi connectivity index (χ4n) is 2.96. The molecule has 1 amide bonds. The average molecular weight is 464 g/mol. The summed E-state index contributed by atoms with van der Waals surface area (Å²) in [6.45, 7) is 0. The van der Waals surface area contributed by atoms with Gasteiger partial charge in [0.1, 0.15) is 11.5 Å². The van der Waals surface area contributed by atoms with E-state index in [1.54, 1.807) is 67.8 Å². The first-order chi connectivity index (χ1) is 15.7. The first-order valence-electron chi connectivity index (χ1n) is 9.79. The van der Waals surface area contributed by atoms with Gasteiger partial charge in [0.05, 0.1) is 30.7 Å². The van der Waals surface area contributed by atoms with E-state index >= 15 is 0 Å². The van der Waals surface area contributed by atoms with Crippen LogP contribution in [0.3, 0.4) is 0 Å². The number of carbonyl (C=O) groups excluding carboxylic acids is 1. The molecule has 0 unspecified atom stereocenters. The van der Waals surface area contributed by atoms with Crippen molar-refractivity contribution >= 4 is 45.4 Å². The maximum atomic E-state index is 12.4. The Morgan fingerprint density at radius 3 is 2.66 bits per heavy atom. The Bertz CT molecular complexity index is 1220. The topological polar surface area (TPSA) is 72.8 Å². The highest BCUT2D eigenvalue weighted by Gasteiger charge is 2.07. The number of methoxy groups -OCH3 is 2. The normalized spacial score (nSPS) is 11.1. The summed E-state index contributed by atoms with van der Waals surface area (Å²) in [6, 6.07) is 21.0. The molecule has 0 aliphatic heterocycles. The fraction of sp³-hybridized carbons (Fsp3) is 0.125. The lowest BCUT2D eigenvalue weighted by Gasteiger charge is -2.07. The molecule has 0 saturated carbocycles. The van der Waals surface area contributed by atoms with Gasteiger partial charge < -0.3 is 9.47 Å². The van der Waals surface area contributed by atoms with Gasteiger partial charge in [0.25, 0.3) is 5.91 Å². The first-order valence-corrected chi connectivity index (χ1v) is 11.6. The Morgan fingerprint density at radius 2 is 1.91 bits per heavy atom. The number of hydrogen-bond acceptors (Lipinski definition) is 7. The predicted molar refractivity (Wildman–Crippen MR) is 130 cm³/mol.